The van der Waals surface area contributed by atoms with E-state index in [1.165, 1.54) is 11.1 Å². The van der Waals surface area contributed by atoms with E-state index in [0.29, 0.717) is 12.3 Å². The molecule has 2 aromatic carbocycles. The van der Waals surface area contributed by atoms with Crippen molar-refractivity contribution >= 4 is 12.0 Å². The fourth-order valence-corrected chi connectivity index (χ4v) is 4.74. The van der Waals surface area contributed by atoms with Crippen LogP contribution in [-0.4, -0.2) is 35.4 Å². The summed E-state index contributed by atoms with van der Waals surface area (Å²) in [5.74, 6) is 0.382. The molecule has 0 saturated carbocycles. The molecule has 1 N–H and O–H groups in total. The lowest BCUT2D eigenvalue weighted by Crippen LogP contribution is -2.44. The van der Waals surface area contributed by atoms with E-state index in [0.717, 1.165) is 43.7 Å². The quantitative estimate of drug-likeness (QED) is 0.518. The zero-order valence-corrected chi connectivity index (χ0v) is 19.4. The molecular weight excluding hydrogens is 406 g/mol. The zero-order valence-electron chi connectivity index (χ0n) is 19.4. The van der Waals surface area contributed by atoms with E-state index in [-0.39, 0.29) is 11.9 Å². The summed E-state index contributed by atoms with van der Waals surface area (Å²) in [5, 5.41) is 3.32. The Morgan fingerprint density at radius 1 is 1.06 bits per heavy atom. The molecule has 1 aromatic heterocycles. The Balaban J connectivity index is 1.44. The minimum atomic E-state index is -0.0800. The van der Waals surface area contributed by atoms with Gasteiger partial charge in [-0.15, -0.1) is 0 Å². The van der Waals surface area contributed by atoms with Crippen LogP contribution in [0.4, 0.5) is 0 Å². The van der Waals surface area contributed by atoms with Crippen LogP contribution in [0.3, 0.4) is 0 Å². The van der Waals surface area contributed by atoms with Gasteiger partial charge in [0.2, 0.25) is 5.91 Å². The van der Waals surface area contributed by atoms with Gasteiger partial charge in [-0.3, -0.25) is 14.7 Å². The van der Waals surface area contributed by atoms with Crippen molar-refractivity contribution < 1.29 is 4.79 Å². The Kier molecular flexibility index (Phi) is 8.04. The number of nitrogens with one attached hydrogen (secondary N) is 1. The molecule has 1 amide bonds. The molecule has 170 valence electrons. The van der Waals surface area contributed by atoms with E-state index < -0.39 is 0 Å². The van der Waals surface area contributed by atoms with Gasteiger partial charge in [-0.1, -0.05) is 78.4 Å². The summed E-state index contributed by atoms with van der Waals surface area (Å²) in [6.45, 7) is 5.18. The number of nitrogens with zero attached hydrogens (tertiary/aromatic N) is 2. The number of pyridine rings is 1. The van der Waals surface area contributed by atoms with Gasteiger partial charge in [0, 0.05) is 19.3 Å². The summed E-state index contributed by atoms with van der Waals surface area (Å²) in [7, 11) is 0. The first-order chi connectivity index (χ1) is 16.2. The fourth-order valence-electron chi connectivity index (χ4n) is 4.74. The minimum Gasteiger partial charge on any atom is -0.347 e. The van der Waals surface area contributed by atoms with Crippen LogP contribution in [0.2, 0.25) is 0 Å². The molecule has 2 heterocycles. The average molecular weight is 440 g/mol. The van der Waals surface area contributed by atoms with Gasteiger partial charge >= 0.3 is 0 Å². The van der Waals surface area contributed by atoms with Crippen LogP contribution in [0, 0.1) is 5.92 Å². The Morgan fingerprint density at radius 3 is 2.52 bits per heavy atom. The molecule has 0 radical (unpaired) electrons. The van der Waals surface area contributed by atoms with Crippen molar-refractivity contribution in [3.63, 3.8) is 0 Å². The van der Waals surface area contributed by atoms with E-state index in [1.807, 2.05) is 60.8 Å². The molecule has 0 spiro atoms. The summed E-state index contributed by atoms with van der Waals surface area (Å²) in [4.78, 5) is 20.1. The van der Waals surface area contributed by atoms with Gasteiger partial charge in [0.1, 0.15) is 0 Å². The van der Waals surface area contributed by atoms with Crippen molar-refractivity contribution in [2.45, 2.75) is 32.2 Å². The highest BCUT2D eigenvalue weighted by Gasteiger charge is 2.30. The van der Waals surface area contributed by atoms with Gasteiger partial charge in [-0.05, 0) is 55.5 Å². The number of piperidine rings is 1. The Morgan fingerprint density at radius 2 is 1.79 bits per heavy atom. The van der Waals surface area contributed by atoms with Crippen molar-refractivity contribution in [2.24, 2.45) is 5.92 Å². The molecular formula is C29H33N3O. The predicted octanol–water partition coefficient (Wildman–Crippen LogP) is 5.30. The summed E-state index contributed by atoms with van der Waals surface area (Å²) in [6, 6.07) is 26.3. The van der Waals surface area contributed by atoms with Gasteiger partial charge in [0.05, 0.1) is 18.2 Å². The van der Waals surface area contributed by atoms with Gasteiger partial charge in [0.25, 0.3) is 0 Å². The maximum atomic E-state index is 12.9. The summed E-state index contributed by atoms with van der Waals surface area (Å²) >= 11 is 0. The number of carbonyl (C=O) groups is 1. The molecule has 0 bridgehead atoms. The van der Waals surface area contributed by atoms with Crippen molar-refractivity contribution in [3.8, 4) is 0 Å². The number of rotatable bonds is 8. The van der Waals surface area contributed by atoms with E-state index in [9.17, 15) is 4.79 Å². The number of hydrogen-bond donors (Lipinski definition) is 1. The normalized spacial score (nSPS) is 18.0. The smallest absolute Gasteiger partial charge is 0.224 e. The van der Waals surface area contributed by atoms with Gasteiger partial charge in [0.15, 0.2) is 0 Å². The molecule has 33 heavy (non-hydrogen) atoms. The summed E-state index contributed by atoms with van der Waals surface area (Å²) < 4.78 is 0. The van der Waals surface area contributed by atoms with E-state index >= 15 is 0 Å². The second-order valence-electron chi connectivity index (χ2n) is 9.00. The molecule has 0 aliphatic carbocycles. The van der Waals surface area contributed by atoms with Crippen LogP contribution in [0.25, 0.3) is 6.08 Å². The fraction of sp³-hybridized carbons (Fsp3) is 0.310. The molecule has 3 aromatic rings. The molecule has 4 nitrogen and oxygen atoms in total. The van der Waals surface area contributed by atoms with Crippen molar-refractivity contribution in [3.05, 3.63) is 107 Å². The lowest BCUT2D eigenvalue weighted by Gasteiger charge is -2.37. The zero-order chi connectivity index (χ0) is 22.9. The van der Waals surface area contributed by atoms with Crippen LogP contribution < -0.4 is 5.32 Å². The van der Waals surface area contributed by atoms with Crippen molar-refractivity contribution in [1.29, 1.82) is 0 Å². The third kappa shape index (κ3) is 6.87. The minimum absolute atomic E-state index is 0.0501. The largest absolute Gasteiger partial charge is 0.347 e. The van der Waals surface area contributed by atoms with Crippen LogP contribution >= 0.6 is 0 Å². The third-order valence-electron chi connectivity index (χ3n) is 6.23. The first kappa shape index (κ1) is 22.9. The van der Waals surface area contributed by atoms with Gasteiger partial charge in [-0.25, -0.2) is 0 Å². The SMILES string of the molecule is C/C(=C\c1ccccc1)CN1CCC[C@@H]([C@H](NC(=O)Cc2ccccc2)c2ccccn2)C1. The topological polar surface area (TPSA) is 45.2 Å². The Bertz CT molecular complexity index is 1030. The van der Waals surface area contributed by atoms with E-state index in [2.05, 4.69) is 52.5 Å². The lowest BCUT2D eigenvalue weighted by molar-refractivity contribution is -0.121. The summed E-state index contributed by atoms with van der Waals surface area (Å²) in [5.41, 5.74) is 4.57. The van der Waals surface area contributed by atoms with Gasteiger partial charge in [-0.2, -0.15) is 0 Å². The molecule has 1 fully saturated rings. The molecule has 1 aliphatic rings. The first-order valence-corrected chi connectivity index (χ1v) is 11.9. The lowest BCUT2D eigenvalue weighted by atomic mass is 9.88. The second-order valence-corrected chi connectivity index (χ2v) is 9.00. The number of amides is 1. The summed E-state index contributed by atoms with van der Waals surface area (Å²) in [6.07, 6.45) is 6.69. The monoisotopic (exact) mass is 439 g/mol. The number of aromatic nitrogens is 1. The number of benzene rings is 2. The Labute approximate surface area is 197 Å². The molecule has 1 saturated heterocycles. The molecule has 0 unspecified atom stereocenters. The van der Waals surface area contributed by atoms with Crippen molar-refractivity contribution in [2.75, 3.05) is 19.6 Å². The molecule has 4 heteroatoms. The number of likely N-dealkylation sites (tertiary alicyclic amines) is 1. The highest BCUT2D eigenvalue weighted by atomic mass is 16.1. The standard InChI is InChI=1S/C29H33N3O/c1-23(19-24-11-4-2-5-12-24)21-32-18-10-15-26(22-32)29(27-16-8-9-17-30-27)31-28(33)20-25-13-6-3-7-14-25/h2-9,11-14,16-17,19,26,29H,10,15,18,20-22H2,1H3,(H,31,33)/b23-19+/t26-,29+/m1/s1. The van der Waals surface area contributed by atoms with E-state index in [4.69, 9.17) is 0 Å². The third-order valence-corrected chi connectivity index (χ3v) is 6.23. The van der Waals surface area contributed by atoms with Gasteiger partial charge < -0.3 is 5.32 Å². The van der Waals surface area contributed by atoms with Crippen LogP contribution in [-0.2, 0) is 11.2 Å². The average Bonchev–Trinajstić information content (AvgIpc) is 2.84. The number of carbonyl (C=O) groups excluding carboxylic acids is 1. The first-order valence-electron chi connectivity index (χ1n) is 11.9. The highest BCUT2D eigenvalue weighted by Crippen LogP contribution is 2.29. The van der Waals surface area contributed by atoms with Crippen LogP contribution in [0.1, 0.15) is 42.6 Å². The van der Waals surface area contributed by atoms with Crippen LogP contribution in [0.5, 0.6) is 0 Å². The maximum Gasteiger partial charge on any atom is 0.224 e. The van der Waals surface area contributed by atoms with Crippen molar-refractivity contribution in [1.82, 2.24) is 15.2 Å². The van der Waals surface area contributed by atoms with E-state index in [1.54, 1.807) is 0 Å². The second kappa shape index (κ2) is 11.6. The number of hydrogen-bond acceptors (Lipinski definition) is 3. The highest BCUT2D eigenvalue weighted by molar-refractivity contribution is 5.79. The molecule has 4 rings (SSSR count). The van der Waals surface area contributed by atoms with Crippen LogP contribution in [0.15, 0.2) is 90.6 Å². The predicted molar refractivity (Wildman–Crippen MR) is 135 cm³/mol. The molecule has 2 atom stereocenters. The Hall–Kier alpha value is -3.24. The molecule has 1 aliphatic heterocycles. The maximum absolute atomic E-state index is 12.9.